The van der Waals surface area contributed by atoms with Gasteiger partial charge in [-0.15, -0.1) is 0 Å². The highest BCUT2D eigenvalue weighted by atomic mass is 16.8. The summed E-state index contributed by atoms with van der Waals surface area (Å²) in [6, 6.07) is -1.26. The van der Waals surface area contributed by atoms with E-state index < -0.39 is 130 Å². The highest BCUT2D eigenvalue weighted by Gasteiger charge is 2.55. The van der Waals surface area contributed by atoms with Gasteiger partial charge in [-0.2, -0.15) is 0 Å². The summed E-state index contributed by atoms with van der Waals surface area (Å²) in [5.74, 6) is -1.18. The summed E-state index contributed by atoms with van der Waals surface area (Å²) < 4.78 is 48.1. The predicted molar refractivity (Wildman–Crippen MR) is 163 cm³/mol. The summed E-state index contributed by atoms with van der Waals surface area (Å²) in [5, 5.41) is 87.1. The lowest BCUT2D eigenvalue weighted by molar-refractivity contribution is -0.387. The normalized spacial score (nSPS) is 49.4. The summed E-state index contributed by atoms with van der Waals surface area (Å²) in [7, 11) is 0. The maximum Gasteiger partial charge on any atom is 0.217 e. The summed E-state index contributed by atoms with van der Waals surface area (Å²) in [6.45, 7) is 8.69. The molecule has 4 saturated heterocycles. The standard InChI is InChI=1S/C31H55NO17/c1-7-8-42-31-27(26(20(37)14(5)44-31)48-30-24(41)23(40)21(38)16(9-33)46-30)49-29-18(32-15(6)35)25(22(39)17(10-34)45-29)47-28-12(3)11(2)19(36)13(4)43-28/h11-14,16-31,33-34,36-41H,7-10H2,1-6H3,(H,32,35)/t11-,12?,13?,14?,16+,17?,18+,19-,20+,21-,22-,23?,24?,25?,26+,27?,28+,29+,30-,31-/m1/s1. The molecule has 4 rings (SSSR count). The lowest BCUT2D eigenvalue weighted by atomic mass is 9.85. The van der Waals surface area contributed by atoms with Gasteiger partial charge in [-0.3, -0.25) is 4.79 Å². The Morgan fingerprint density at radius 1 is 0.612 bits per heavy atom. The number of rotatable bonds is 12. The molecule has 0 aromatic heterocycles. The van der Waals surface area contributed by atoms with Crippen molar-refractivity contribution >= 4 is 5.91 Å². The van der Waals surface area contributed by atoms with E-state index in [9.17, 15) is 45.6 Å². The molecule has 0 aromatic carbocycles. The molecule has 0 bridgehead atoms. The average molecular weight is 714 g/mol. The van der Waals surface area contributed by atoms with Crippen LogP contribution < -0.4 is 5.32 Å². The molecule has 0 aliphatic carbocycles. The Balaban J connectivity index is 1.68. The Labute approximate surface area is 285 Å². The van der Waals surface area contributed by atoms with Crippen LogP contribution in [0, 0.1) is 11.8 Å². The van der Waals surface area contributed by atoms with Gasteiger partial charge in [0.25, 0.3) is 0 Å². The topological polar surface area (TPSA) is 265 Å². The molecule has 0 saturated carbocycles. The number of carbonyl (C=O) groups is 1. The lowest BCUT2D eigenvalue weighted by Crippen LogP contribution is -2.69. The quantitative estimate of drug-likeness (QED) is 0.0947. The van der Waals surface area contributed by atoms with Gasteiger partial charge < -0.3 is 84.1 Å². The highest BCUT2D eigenvalue weighted by molar-refractivity contribution is 5.73. The maximum atomic E-state index is 12.5. The van der Waals surface area contributed by atoms with E-state index in [1.54, 1.807) is 13.8 Å². The number of aliphatic hydroxyl groups is 8. The Bertz CT molecular complexity index is 1040. The van der Waals surface area contributed by atoms with Gasteiger partial charge in [-0.25, -0.2) is 0 Å². The van der Waals surface area contributed by atoms with Gasteiger partial charge >= 0.3 is 0 Å². The van der Waals surface area contributed by atoms with Crippen molar-refractivity contribution in [3.05, 3.63) is 0 Å². The molecule has 18 heteroatoms. The van der Waals surface area contributed by atoms with Gasteiger partial charge in [0, 0.05) is 19.4 Å². The number of hydrogen-bond donors (Lipinski definition) is 9. The van der Waals surface area contributed by atoms with Crippen LogP contribution >= 0.6 is 0 Å². The first-order chi connectivity index (χ1) is 23.1. The molecule has 4 heterocycles. The maximum absolute atomic E-state index is 12.5. The van der Waals surface area contributed by atoms with Gasteiger partial charge in [0.05, 0.1) is 31.5 Å². The van der Waals surface area contributed by atoms with Gasteiger partial charge in [0.2, 0.25) is 5.91 Å². The molecule has 49 heavy (non-hydrogen) atoms. The van der Waals surface area contributed by atoms with Crippen LogP contribution in [-0.2, 0) is 42.7 Å². The van der Waals surface area contributed by atoms with Crippen LogP contribution in [0.25, 0.3) is 0 Å². The van der Waals surface area contributed by atoms with Crippen molar-refractivity contribution in [1.29, 1.82) is 0 Å². The molecule has 286 valence electrons. The third kappa shape index (κ3) is 8.90. The first kappa shape index (κ1) is 40.6. The molecule has 4 fully saturated rings. The number of nitrogens with one attached hydrogen (secondary N) is 1. The summed E-state index contributed by atoms with van der Waals surface area (Å²) in [5.41, 5.74) is 0. The largest absolute Gasteiger partial charge is 0.394 e. The van der Waals surface area contributed by atoms with Crippen LogP contribution in [0.4, 0.5) is 0 Å². The van der Waals surface area contributed by atoms with Crippen LogP contribution in [0.15, 0.2) is 0 Å². The molecular formula is C31H55NO17. The first-order valence-electron chi connectivity index (χ1n) is 16.9. The molecular weight excluding hydrogens is 658 g/mol. The van der Waals surface area contributed by atoms with Crippen molar-refractivity contribution < 1.29 is 83.5 Å². The van der Waals surface area contributed by atoms with Gasteiger partial charge in [-0.05, 0) is 26.2 Å². The van der Waals surface area contributed by atoms with Crippen LogP contribution in [0.3, 0.4) is 0 Å². The van der Waals surface area contributed by atoms with Crippen molar-refractivity contribution in [2.45, 2.75) is 159 Å². The van der Waals surface area contributed by atoms with Crippen LogP contribution in [0.1, 0.15) is 48.0 Å². The van der Waals surface area contributed by atoms with E-state index in [2.05, 4.69) is 5.32 Å². The molecule has 0 aromatic rings. The number of aliphatic hydroxyl groups excluding tert-OH is 8. The van der Waals surface area contributed by atoms with E-state index in [1.807, 2.05) is 13.8 Å². The minimum Gasteiger partial charge on any atom is -0.394 e. The predicted octanol–water partition coefficient (Wildman–Crippen LogP) is -3.57. The second-order valence-corrected chi connectivity index (χ2v) is 13.4. The van der Waals surface area contributed by atoms with Crippen molar-refractivity contribution in [3.63, 3.8) is 0 Å². The van der Waals surface area contributed by atoms with Gasteiger partial charge in [0.1, 0.15) is 67.1 Å². The van der Waals surface area contributed by atoms with Crippen LogP contribution in [0.2, 0.25) is 0 Å². The van der Waals surface area contributed by atoms with E-state index in [1.165, 1.54) is 13.8 Å². The fraction of sp³-hybridized carbons (Fsp3) is 0.968. The van der Waals surface area contributed by atoms with Gasteiger partial charge in [0.15, 0.2) is 25.2 Å². The Hall–Kier alpha value is -1.17. The molecule has 0 radical (unpaired) electrons. The molecule has 1 amide bonds. The first-order valence-corrected chi connectivity index (χ1v) is 16.9. The van der Waals surface area contributed by atoms with Crippen molar-refractivity contribution in [3.8, 4) is 0 Å². The van der Waals surface area contributed by atoms with Crippen molar-refractivity contribution in [2.75, 3.05) is 19.8 Å². The molecule has 8 unspecified atom stereocenters. The van der Waals surface area contributed by atoms with Crippen molar-refractivity contribution in [2.24, 2.45) is 11.8 Å². The lowest BCUT2D eigenvalue weighted by Gasteiger charge is -2.51. The number of carbonyl (C=O) groups excluding carboxylic acids is 1. The Morgan fingerprint density at radius 2 is 1.16 bits per heavy atom. The van der Waals surface area contributed by atoms with Crippen molar-refractivity contribution in [1.82, 2.24) is 5.32 Å². The zero-order valence-electron chi connectivity index (χ0n) is 28.6. The van der Waals surface area contributed by atoms with Crippen LogP contribution in [-0.4, -0.2) is 177 Å². The molecule has 4 aliphatic heterocycles. The molecule has 0 spiro atoms. The van der Waals surface area contributed by atoms with E-state index in [0.717, 1.165) is 0 Å². The highest BCUT2D eigenvalue weighted by Crippen LogP contribution is 2.37. The van der Waals surface area contributed by atoms with E-state index in [-0.39, 0.29) is 18.4 Å². The Kier molecular flexibility index (Phi) is 14.6. The third-order valence-electron chi connectivity index (χ3n) is 9.82. The molecule has 18 nitrogen and oxygen atoms in total. The SMILES string of the molecule is CCCO[C@@H]1OC(C)[C@H](O)[C@H](O[C@H]2O[C@@H](CO)[C@@H](O)C(O)C2O)C1O[C@@H]1OC(CO)[C@@H](O)C(O[C@@H]2OC(C)[C@H](O)[C@H](C)C2C)[C@@H]1NC(C)=O. The third-order valence-corrected chi connectivity index (χ3v) is 9.82. The number of hydrogen-bond acceptors (Lipinski definition) is 17. The van der Waals surface area contributed by atoms with E-state index in [0.29, 0.717) is 6.42 Å². The Morgan fingerprint density at radius 3 is 1.78 bits per heavy atom. The smallest absolute Gasteiger partial charge is 0.217 e. The fourth-order valence-corrected chi connectivity index (χ4v) is 6.59. The number of ether oxygens (including phenoxy) is 8. The molecule has 20 atom stereocenters. The van der Waals surface area contributed by atoms with Gasteiger partial charge in [-0.1, -0.05) is 20.8 Å². The second kappa shape index (κ2) is 17.6. The second-order valence-electron chi connectivity index (χ2n) is 13.4. The monoisotopic (exact) mass is 713 g/mol. The molecule has 4 aliphatic rings. The molecule has 9 N–H and O–H groups in total. The number of amides is 1. The summed E-state index contributed by atoms with van der Waals surface area (Å²) >= 11 is 0. The minimum absolute atomic E-state index is 0.170. The minimum atomic E-state index is -1.82. The zero-order valence-corrected chi connectivity index (χ0v) is 28.6. The van der Waals surface area contributed by atoms with E-state index in [4.69, 9.17) is 37.9 Å². The van der Waals surface area contributed by atoms with Crippen LogP contribution in [0.5, 0.6) is 0 Å². The van der Waals surface area contributed by atoms with E-state index >= 15 is 0 Å². The average Bonchev–Trinajstić information content (AvgIpc) is 3.07. The summed E-state index contributed by atoms with van der Waals surface area (Å²) in [6.07, 6.45) is -22.2. The summed E-state index contributed by atoms with van der Waals surface area (Å²) in [4.78, 5) is 12.5. The fourth-order valence-electron chi connectivity index (χ4n) is 6.59. The zero-order chi connectivity index (χ0) is 36.3.